The fourth-order valence-corrected chi connectivity index (χ4v) is 3.12. The van der Waals surface area contributed by atoms with Gasteiger partial charge in [-0.3, -0.25) is 4.79 Å². The highest BCUT2D eigenvalue weighted by molar-refractivity contribution is 7.89. The van der Waals surface area contributed by atoms with Gasteiger partial charge in [0.25, 0.3) is 0 Å². The third kappa shape index (κ3) is 3.37. The number of nitrogens with zero attached hydrogens (tertiary/aromatic N) is 1. The van der Waals surface area contributed by atoms with Gasteiger partial charge in [0.15, 0.2) is 0 Å². The Kier molecular flexibility index (Phi) is 4.78. The maximum atomic E-state index is 12.3. The van der Waals surface area contributed by atoms with Crippen LogP contribution in [0.5, 0.6) is 0 Å². The molecule has 0 amide bonds. The Bertz CT molecular complexity index is 601. The fraction of sp³-hybridized carbons (Fsp3) is 0.364. The van der Waals surface area contributed by atoms with E-state index in [4.69, 9.17) is 17.3 Å². The van der Waals surface area contributed by atoms with Gasteiger partial charge in [0, 0.05) is 17.8 Å². The monoisotopic (exact) mass is 306 g/mol. The van der Waals surface area contributed by atoms with Crippen molar-refractivity contribution in [1.29, 1.82) is 0 Å². The number of benzene rings is 1. The minimum atomic E-state index is -3.85. The smallest absolute Gasteiger partial charge is 0.321 e. The molecule has 1 aromatic carbocycles. The predicted molar refractivity (Wildman–Crippen MR) is 72.4 cm³/mol. The molecule has 0 atom stereocenters. The van der Waals surface area contributed by atoms with Crippen molar-refractivity contribution in [2.75, 3.05) is 26.4 Å². The Hall–Kier alpha value is -1.31. The molecule has 0 fully saturated rings. The number of carbonyl (C=O) groups excluding carboxylic acids is 1. The van der Waals surface area contributed by atoms with Crippen LogP contribution in [0.15, 0.2) is 17.0 Å². The zero-order chi connectivity index (χ0) is 14.8. The van der Waals surface area contributed by atoms with Crippen molar-refractivity contribution in [3.8, 4) is 0 Å². The lowest BCUT2D eigenvalue weighted by atomic mass is 10.2. The number of hydrogen-bond donors (Lipinski definition) is 1. The molecule has 0 saturated heterocycles. The van der Waals surface area contributed by atoms with E-state index in [0.717, 1.165) is 4.31 Å². The standard InChI is InChI=1S/C11H15ClN2O4S/c1-7-9(13)4-8(12)5-10(7)19(16,17)14(2)6-11(15)18-3/h4-5H,6,13H2,1-3H3. The molecule has 19 heavy (non-hydrogen) atoms. The van der Waals surface area contributed by atoms with Gasteiger partial charge in [0.1, 0.15) is 6.54 Å². The highest BCUT2D eigenvalue weighted by Crippen LogP contribution is 2.27. The van der Waals surface area contributed by atoms with E-state index >= 15 is 0 Å². The van der Waals surface area contributed by atoms with E-state index in [1.54, 1.807) is 6.92 Å². The topological polar surface area (TPSA) is 89.7 Å². The van der Waals surface area contributed by atoms with E-state index < -0.39 is 16.0 Å². The Morgan fingerprint density at radius 2 is 2.05 bits per heavy atom. The van der Waals surface area contributed by atoms with Gasteiger partial charge in [-0.15, -0.1) is 0 Å². The number of esters is 1. The van der Waals surface area contributed by atoms with Crippen LogP contribution in [0.1, 0.15) is 5.56 Å². The number of likely N-dealkylation sites (N-methyl/N-ethyl adjacent to an activating group) is 1. The van der Waals surface area contributed by atoms with Gasteiger partial charge in [0.05, 0.1) is 12.0 Å². The van der Waals surface area contributed by atoms with Crippen molar-refractivity contribution in [2.24, 2.45) is 0 Å². The molecule has 106 valence electrons. The predicted octanol–water partition coefficient (Wildman–Crippen LogP) is 1.02. The van der Waals surface area contributed by atoms with Crippen molar-refractivity contribution in [3.05, 3.63) is 22.7 Å². The molecule has 0 radical (unpaired) electrons. The number of halogens is 1. The van der Waals surface area contributed by atoms with Crippen molar-refractivity contribution in [3.63, 3.8) is 0 Å². The van der Waals surface area contributed by atoms with E-state index in [1.807, 2.05) is 0 Å². The zero-order valence-electron chi connectivity index (χ0n) is 10.8. The summed E-state index contributed by atoms with van der Waals surface area (Å²) in [5.74, 6) is -0.654. The molecule has 8 heteroatoms. The minimum Gasteiger partial charge on any atom is -0.468 e. The Labute approximate surface area is 117 Å². The van der Waals surface area contributed by atoms with Crippen LogP contribution >= 0.6 is 11.6 Å². The molecule has 0 spiro atoms. The van der Waals surface area contributed by atoms with Gasteiger partial charge in [-0.05, 0) is 24.6 Å². The lowest BCUT2D eigenvalue weighted by Crippen LogP contribution is -2.33. The molecule has 0 aliphatic rings. The molecule has 0 unspecified atom stereocenters. The van der Waals surface area contributed by atoms with Crippen molar-refractivity contribution in [2.45, 2.75) is 11.8 Å². The second kappa shape index (κ2) is 5.77. The van der Waals surface area contributed by atoms with E-state index in [9.17, 15) is 13.2 Å². The first-order valence-electron chi connectivity index (χ1n) is 5.29. The Balaban J connectivity index is 3.24. The fourth-order valence-electron chi connectivity index (χ4n) is 1.44. The zero-order valence-corrected chi connectivity index (χ0v) is 12.4. The lowest BCUT2D eigenvalue weighted by molar-refractivity contribution is -0.140. The lowest BCUT2D eigenvalue weighted by Gasteiger charge is -2.18. The second-order valence-corrected chi connectivity index (χ2v) is 6.41. The number of ether oxygens (including phenoxy) is 1. The van der Waals surface area contributed by atoms with Crippen LogP contribution in [0.3, 0.4) is 0 Å². The van der Waals surface area contributed by atoms with Crippen LogP contribution in [0, 0.1) is 6.92 Å². The summed E-state index contributed by atoms with van der Waals surface area (Å²) < 4.78 is 29.9. The molecule has 0 saturated carbocycles. The average Bonchev–Trinajstić information content (AvgIpc) is 2.33. The number of rotatable bonds is 4. The number of carbonyl (C=O) groups is 1. The van der Waals surface area contributed by atoms with Crippen LogP contribution in [0.2, 0.25) is 5.02 Å². The number of nitrogen functional groups attached to an aromatic ring is 1. The first kappa shape index (κ1) is 15.7. The summed E-state index contributed by atoms with van der Waals surface area (Å²) in [6, 6.07) is 2.77. The van der Waals surface area contributed by atoms with Crippen LogP contribution in [0.25, 0.3) is 0 Å². The van der Waals surface area contributed by atoms with Gasteiger partial charge in [-0.25, -0.2) is 8.42 Å². The normalized spacial score (nSPS) is 11.6. The Morgan fingerprint density at radius 1 is 1.47 bits per heavy atom. The number of sulfonamides is 1. The van der Waals surface area contributed by atoms with Gasteiger partial charge >= 0.3 is 5.97 Å². The molecule has 0 aromatic heterocycles. The molecule has 0 aliphatic heterocycles. The third-order valence-electron chi connectivity index (χ3n) is 2.63. The van der Waals surface area contributed by atoms with Gasteiger partial charge in [0.2, 0.25) is 10.0 Å². The van der Waals surface area contributed by atoms with Gasteiger partial charge in [-0.2, -0.15) is 4.31 Å². The molecular weight excluding hydrogens is 292 g/mol. The summed E-state index contributed by atoms with van der Waals surface area (Å²) in [6.45, 7) is 1.19. The summed E-state index contributed by atoms with van der Waals surface area (Å²) in [5.41, 5.74) is 6.35. The maximum Gasteiger partial charge on any atom is 0.321 e. The van der Waals surface area contributed by atoms with Crippen LogP contribution in [-0.4, -0.2) is 39.4 Å². The van der Waals surface area contributed by atoms with E-state index in [-0.39, 0.29) is 22.2 Å². The van der Waals surface area contributed by atoms with E-state index in [1.165, 1.54) is 26.3 Å². The third-order valence-corrected chi connectivity index (χ3v) is 4.78. The van der Waals surface area contributed by atoms with Gasteiger partial charge in [-0.1, -0.05) is 11.6 Å². The van der Waals surface area contributed by atoms with E-state index in [2.05, 4.69) is 4.74 Å². The SMILES string of the molecule is COC(=O)CN(C)S(=O)(=O)c1cc(Cl)cc(N)c1C. The van der Waals surface area contributed by atoms with Crippen molar-refractivity contribution < 1.29 is 17.9 Å². The van der Waals surface area contributed by atoms with Crippen molar-refractivity contribution in [1.82, 2.24) is 4.31 Å². The maximum absolute atomic E-state index is 12.3. The number of hydrogen-bond acceptors (Lipinski definition) is 5. The summed E-state index contributed by atoms with van der Waals surface area (Å²) >= 11 is 5.81. The van der Waals surface area contributed by atoms with E-state index in [0.29, 0.717) is 5.56 Å². The molecule has 0 bridgehead atoms. The highest BCUT2D eigenvalue weighted by Gasteiger charge is 2.26. The average molecular weight is 307 g/mol. The van der Waals surface area contributed by atoms with Gasteiger partial charge < -0.3 is 10.5 Å². The van der Waals surface area contributed by atoms with Crippen LogP contribution < -0.4 is 5.73 Å². The molecule has 1 rings (SSSR count). The molecule has 0 aliphatic carbocycles. The minimum absolute atomic E-state index is 0.0242. The molecule has 0 heterocycles. The van der Waals surface area contributed by atoms with Crippen molar-refractivity contribution >= 4 is 33.3 Å². The summed E-state index contributed by atoms with van der Waals surface area (Å²) in [6.07, 6.45) is 0. The summed E-state index contributed by atoms with van der Waals surface area (Å²) in [7, 11) is -1.39. The summed E-state index contributed by atoms with van der Waals surface area (Å²) in [5, 5.41) is 0.216. The molecule has 6 nitrogen and oxygen atoms in total. The van der Waals surface area contributed by atoms with Crippen LogP contribution in [0.4, 0.5) is 5.69 Å². The molecule has 1 aromatic rings. The molecule has 2 N–H and O–H groups in total. The second-order valence-electron chi connectivity index (χ2n) is 3.96. The Morgan fingerprint density at radius 3 is 2.58 bits per heavy atom. The van der Waals surface area contributed by atoms with Crippen LogP contribution in [-0.2, 0) is 19.6 Å². The number of anilines is 1. The highest BCUT2D eigenvalue weighted by atomic mass is 35.5. The first-order valence-corrected chi connectivity index (χ1v) is 7.10. The summed E-state index contributed by atoms with van der Waals surface area (Å²) in [4.78, 5) is 11.1. The molecular formula is C11H15ClN2O4S. The first-order chi connectivity index (χ1) is 8.70. The number of nitrogens with two attached hydrogens (primary N) is 1. The quantitative estimate of drug-likeness (QED) is 0.662. The largest absolute Gasteiger partial charge is 0.468 e. The number of methoxy groups -OCH3 is 1.